The Labute approximate surface area is 148 Å². The maximum Gasteiger partial charge on any atom is 0.258 e. The summed E-state index contributed by atoms with van der Waals surface area (Å²) < 4.78 is 5.18. The van der Waals surface area contributed by atoms with Crippen LogP contribution in [0.25, 0.3) is 11.5 Å². The van der Waals surface area contributed by atoms with Gasteiger partial charge in [-0.25, -0.2) is 0 Å². The van der Waals surface area contributed by atoms with E-state index in [0.717, 1.165) is 11.1 Å². The molecule has 0 aliphatic heterocycles. The second kappa shape index (κ2) is 7.47. The van der Waals surface area contributed by atoms with E-state index >= 15 is 0 Å². The zero-order chi connectivity index (χ0) is 16.9. The van der Waals surface area contributed by atoms with Crippen molar-refractivity contribution in [1.82, 2.24) is 15.5 Å². The van der Waals surface area contributed by atoms with Gasteiger partial charge in [-0.1, -0.05) is 52.6 Å². The molecule has 0 bridgehead atoms. The second-order valence-corrected chi connectivity index (χ2v) is 5.91. The number of benzene rings is 2. The summed E-state index contributed by atoms with van der Waals surface area (Å²) in [6.45, 7) is 0.174. The number of nitrogens with one attached hydrogen (secondary N) is 1. The summed E-state index contributed by atoms with van der Waals surface area (Å²) in [7, 11) is 0. The Morgan fingerprint density at radius 1 is 1.12 bits per heavy atom. The van der Waals surface area contributed by atoms with Crippen molar-refractivity contribution in [3.63, 3.8) is 0 Å². The highest BCUT2D eigenvalue weighted by molar-refractivity contribution is 6.31. The first kappa shape index (κ1) is 16.5. The lowest BCUT2D eigenvalue weighted by atomic mass is 10.1. The predicted molar refractivity (Wildman–Crippen MR) is 91.7 cm³/mol. The van der Waals surface area contributed by atoms with Crippen LogP contribution in [0.2, 0.25) is 10.0 Å². The third kappa shape index (κ3) is 4.13. The maximum atomic E-state index is 12.0. The Hall–Kier alpha value is -2.37. The van der Waals surface area contributed by atoms with Gasteiger partial charge >= 0.3 is 0 Å². The highest BCUT2D eigenvalue weighted by atomic mass is 35.5. The van der Waals surface area contributed by atoms with Gasteiger partial charge in [-0.3, -0.25) is 4.79 Å². The van der Waals surface area contributed by atoms with Gasteiger partial charge in [0, 0.05) is 15.6 Å². The molecule has 1 aromatic heterocycles. The third-order valence-corrected chi connectivity index (χ3v) is 3.90. The molecule has 0 aliphatic rings. The van der Waals surface area contributed by atoms with Crippen molar-refractivity contribution in [3.05, 3.63) is 70.0 Å². The van der Waals surface area contributed by atoms with Gasteiger partial charge in [0.05, 0.1) is 13.0 Å². The van der Waals surface area contributed by atoms with E-state index in [-0.39, 0.29) is 18.9 Å². The van der Waals surface area contributed by atoms with Crippen LogP contribution < -0.4 is 5.32 Å². The summed E-state index contributed by atoms with van der Waals surface area (Å²) in [6.07, 6.45) is 0.193. The molecule has 0 saturated carbocycles. The van der Waals surface area contributed by atoms with Gasteiger partial charge in [0.2, 0.25) is 5.91 Å². The van der Waals surface area contributed by atoms with Crippen LogP contribution in [-0.2, 0) is 17.8 Å². The smallest absolute Gasteiger partial charge is 0.258 e. The van der Waals surface area contributed by atoms with Gasteiger partial charge in [-0.15, -0.1) is 0 Å². The molecule has 5 nitrogen and oxygen atoms in total. The van der Waals surface area contributed by atoms with E-state index in [0.29, 0.717) is 21.8 Å². The number of amides is 1. The SMILES string of the molecule is O=C(Cc1ccccc1Cl)NCc1noc(-c2cccc(Cl)c2)n1. The molecule has 0 saturated heterocycles. The van der Waals surface area contributed by atoms with Crippen molar-refractivity contribution in [2.75, 3.05) is 0 Å². The van der Waals surface area contributed by atoms with Crippen LogP contribution >= 0.6 is 23.2 Å². The van der Waals surface area contributed by atoms with E-state index < -0.39 is 0 Å². The average molecular weight is 362 g/mol. The van der Waals surface area contributed by atoms with Crippen molar-refractivity contribution in [3.8, 4) is 11.5 Å². The summed E-state index contributed by atoms with van der Waals surface area (Å²) in [4.78, 5) is 16.2. The molecular weight excluding hydrogens is 349 g/mol. The van der Waals surface area contributed by atoms with Crippen LogP contribution in [0.5, 0.6) is 0 Å². The molecule has 0 fully saturated rings. The summed E-state index contributed by atoms with van der Waals surface area (Å²) in [5, 5.41) is 7.74. The number of halogens is 2. The van der Waals surface area contributed by atoms with E-state index in [4.69, 9.17) is 27.7 Å². The molecule has 0 unspecified atom stereocenters. The summed E-state index contributed by atoms with van der Waals surface area (Å²) in [5.41, 5.74) is 1.49. The standard InChI is InChI=1S/C17H13Cl2N3O2/c18-13-6-3-5-12(8-13)17-21-15(22-24-17)10-20-16(23)9-11-4-1-2-7-14(11)19/h1-8H,9-10H2,(H,20,23). The molecule has 1 amide bonds. The molecule has 0 radical (unpaired) electrons. The van der Waals surface area contributed by atoms with Gasteiger partial charge < -0.3 is 9.84 Å². The Morgan fingerprint density at radius 2 is 1.96 bits per heavy atom. The number of hydrogen-bond acceptors (Lipinski definition) is 4. The molecule has 1 heterocycles. The Kier molecular flexibility index (Phi) is 5.13. The molecule has 24 heavy (non-hydrogen) atoms. The van der Waals surface area contributed by atoms with Gasteiger partial charge in [-0.2, -0.15) is 4.98 Å². The van der Waals surface area contributed by atoms with E-state index in [1.165, 1.54) is 0 Å². The lowest BCUT2D eigenvalue weighted by molar-refractivity contribution is -0.120. The number of hydrogen-bond donors (Lipinski definition) is 1. The third-order valence-electron chi connectivity index (χ3n) is 3.29. The Bertz CT molecular complexity index is 864. The molecule has 3 rings (SSSR count). The van der Waals surface area contributed by atoms with E-state index in [1.807, 2.05) is 24.3 Å². The molecule has 2 aromatic carbocycles. The van der Waals surface area contributed by atoms with E-state index in [9.17, 15) is 4.79 Å². The normalized spacial score (nSPS) is 10.6. The van der Waals surface area contributed by atoms with Crippen LogP contribution in [0, 0.1) is 0 Å². The lowest BCUT2D eigenvalue weighted by Crippen LogP contribution is -2.25. The van der Waals surface area contributed by atoms with Crippen LogP contribution in [-0.4, -0.2) is 16.0 Å². The van der Waals surface area contributed by atoms with Crippen LogP contribution in [0.15, 0.2) is 53.1 Å². The van der Waals surface area contributed by atoms with Crippen LogP contribution in [0.1, 0.15) is 11.4 Å². The second-order valence-electron chi connectivity index (χ2n) is 5.07. The summed E-state index contributed by atoms with van der Waals surface area (Å²) in [6, 6.07) is 14.3. The summed E-state index contributed by atoms with van der Waals surface area (Å²) in [5.74, 6) is 0.572. The topological polar surface area (TPSA) is 68.0 Å². The molecule has 3 aromatic rings. The monoisotopic (exact) mass is 361 g/mol. The van der Waals surface area contributed by atoms with Gasteiger partial charge in [-0.05, 0) is 29.8 Å². The van der Waals surface area contributed by atoms with E-state index in [1.54, 1.807) is 24.3 Å². The molecule has 7 heteroatoms. The fourth-order valence-corrected chi connectivity index (χ4v) is 2.51. The highest BCUT2D eigenvalue weighted by Crippen LogP contribution is 2.21. The number of aromatic nitrogens is 2. The first-order valence-corrected chi connectivity index (χ1v) is 7.96. The van der Waals surface area contributed by atoms with Crippen molar-refractivity contribution < 1.29 is 9.32 Å². The Balaban J connectivity index is 1.59. The fraction of sp³-hybridized carbons (Fsp3) is 0.118. The largest absolute Gasteiger partial charge is 0.348 e. The molecule has 0 atom stereocenters. The minimum atomic E-state index is -0.169. The minimum absolute atomic E-state index is 0.169. The molecule has 122 valence electrons. The summed E-state index contributed by atoms with van der Waals surface area (Å²) >= 11 is 12.0. The molecule has 1 N–H and O–H groups in total. The van der Waals surface area contributed by atoms with E-state index in [2.05, 4.69) is 15.5 Å². The van der Waals surface area contributed by atoms with Gasteiger partial charge in [0.1, 0.15) is 0 Å². The molecule has 0 spiro atoms. The van der Waals surface area contributed by atoms with Crippen molar-refractivity contribution >= 4 is 29.1 Å². The first-order chi connectivity index (χ1) is 11.6. The molecule has 0 aliphatic carbocycles. The van der Waals surface area contributed by atoms with Crippen molar-refractivity contribution in [2.45, 2.75) is 13.0 Å². The number of rotatable bonds is 5. The quantitative estimate of drug-likeness (QED) is 0.748. The fourth-order valence-electron chi connectivity index (χ4n) is 2.12. The van der Waals surface area contributed by atoms with Gasteiger partial charge in [0.15, 0.2) is 5.82 Å². The maximum absolute atomic E-state index is 12.0. The zero-order valence-electron chi connectivity index (χ0n) is 12.5. The number of carbonyl (C=O) groups is 1. The average Bonchev–Trinajstić information content (AvgIpc) is 3.04. The Morgan fingerprint density at radius 3 is 2.75 bits per heavy atom. The predicted octanol–water partition coefficient (Wildman–Crippen LogP) is 3.90. The van der Waals surface area contributed by atoms with Gasteiger partial charge in [0.25, 0.3) is 5.89 Å². The minimum Gasteiger partial charge on any atom is -0.348 e. The van der Waals surface area contributed by atoms with Crippen molar-refractivity contribution in [1.29, 1.82) is 0 Å². The highest BCUT2D eigenvalue weighted by Gasteiger charge is 2.11. The number of nitrogens with zero attached hydrogens (tertiary/aromatic N) is 2. The first-order valence-electron chi connectivity index (χ1n) is 7.20. The lowest BCUT2D eigenvalue weighted by Gasteiger charge is -2.04. The number of carbonyl (C=O) groups excluding carboxylic acids is 1. The van der Waals surface area contributed by atoms with Crippen LogP contribution in [0.4, 0.5) is 0 Å². The zero-order valence-corrected chi connectivity index (χ0v) is 14.0. The van der Waals surface area contributed by atoms with Crippen molar-refractivity contribution in [2.24, 2.45) is 0 Å². The molecular formula is C17H13Cl2N3O2. The van der Waals surface area contributed by atoms with Crippen LogP contribution in [0.3, 0.4) is 0 Å².